The van der Waals surface area contributed by atoms with Crippen LogP contribution in [0.2, 0.25) is 5.02 Å². The molecule has 5 heteroatoms. The molecule has 2 aromatic rings. The zero-order chi connectivity index (χ0) is 14.0. The Morgan fingerprint density at radius 1 is 1.16 bits per heavy atom. The van der Waals surface area contributed by atoms with Crippen LogP contribution in [0.1, 0.15) is 18.6 Å². The van der Waals surface area contributed by atoms with Gasteiger partial charge in [0.25, 0.3) is 0 Å². The Hall–Kier alpha value is -1.81. The third-order valence-corrected chi connectivity index (χ3v) is 3.03. The van der Waals surface area contributed by atoms with Crippen LogP contribution in [0.4, 0.5) is 14.5 Å². The number of nitrogens with two attached hydrogens (primary N) is 1. The summed E-state index contributed by atoms with van der Waals surface area (Å²) in [5, 5.41) is 0.400. The lowest BCUT2D eigenvalue weighted by Crippen LogP contribution is -2.08. The quantitative estimate of drug-likeness (QED) is 0.851. The summed E-state index contributed by atoms with van der Waals surface area (Å²) in [7, 11) is 0. The predicted molar refractivity (Wildman–Crippen MR) is 71.3 cm³/mol. The van der Waals surface area contributed by atoms with Crippen molar-refractivity contribution in [1.82, 2.24) is 0 Å². The van der Waals surface area contributed by atoms with E-state index in [9.17, 15) is 8.78 Å². The molecule has 0 fully saturated rings. The average molecular weight is 284 g/mol. The van der Waals surface area contributed by atoms with Crippen LogP contribution in [0.5, 0.6) is 5.75 Å². The van der Waals surface area contributed by atoms with E-state index in [1.165, 1.54) is 24.3 Å². The second-order valence-electron chi connectivity index (χ2n) is 4.08. The summed E-state index contributed by atoms with van der Waals surface area (Å²) >= 11 is 5.78. The first-order valence-electron chi connectivity index (χ1n) is 5.64. The molecule has 19 heavy (non-hydrogen) atoms. The molecule has 0 heterocycles. The Kier molecular flexibility index (Phi) is 3.90. The van der Waals surface area contributed by atoms with Gasteiger partial charge in [-0.05, 0) is 31.2 Å². The number of hydrogen-bond donors (Lipinski definition) is 1. The van der Waals surface area contributed by atoms with Gasteiger partial charge in [-0.3, -0.25) is 0 Å². The van der Waals surface area contributed by atoms with Gasteiger partial charge in [-0.1, -0.05) is 17.7 Å². The first kappa shape index (κ1) is 13.6. The standard InChI is InChI=1S/C14H12ClF2NO/c1-8(14-11(16)3-2-4-12(14)17)19-9-5-6-10(15)13(18)7-9/h2-8H,18H2,1H3. The lowest BCUT2D eigenvalue weighted by molar-refractivity contribution is 0.215. The van der Waals surface area contributed by atoms with E-state index in [4.69, 9.17) is 22.1 Å². The molecule has 1 unspecified atom stereocenters. The first-order chi connectivity index (χ1) is 8.99. The molecule has 2 rings (SSSR count). The zero-order valence-corrected chi connectivity index (χ0v) is 10.9. The van der Waals surface area contributed by atoms with E-state index in [0.717, 1.165) is 0 Å². The summed E-state index contributed by atoms with van der Waals surface area (Å²) in [5.41, 5.74) is 5.87. The highest BCUT2D eigenvalue weighted by Crippen LogP contribution is 2.29. The predicted octanol–water partition coefficient (Wildman–Crippen LogP) is 4.34. The molecule has 100 valence electrons. The fraction of sp³-hybridized carbons (Fsp3) is 0.143. The van der Waals surface area contributed by atoms with Crippen molar-refractivity contribution in [3.63, 3.8) is 0 Å². The molecule has 0 aliphatic heterocycles. The third kappa shape index (κ3) is 2.96. The summed E-state index contributed by atoms with van der Waals surface area (Å²) in [6, 6.07) is 8.35. The number of anilines is 1. The monoisotopic (exact) mass is 283 g/mol. The lowest BCUT2D eigenvalue weighted by Gasteiger charge is -2.16. The molecule has 0 amide bonds. The number of benzene rings is 2. The van der Waals surface area contributed by atoms with Gasteiger partial charge in [0.05, 0.1) is 16.3 Å². The second kappa shape index (κ2) is 5.45. The number of rotatable bonds is 3. The van der Waals surface area contributed by atoms with E-state index in [1.54, 1.807) is 19.1 Å². The highest BCUT2D eigenvalue weighted by atomic mass is 35.5. The van der Waals surface area contributed by atoms with Crippen LogP contribution in [-0.2, 0) is 0 Å². The Bertz CT molecular complexity index is 584. The first-order valence-corrected chi connectivity index (χ1v) is 6.02. The molecule has 2 aromatic carbocycles. The van der Waals surface area contributed by atoms with Crippen LogP contribution >= 0.6 is 11.6 Å². The van der Waals surface area contributed by atoms with Crippen molar-refractivity contribution in [2.45, 2.75) is 13.0 Å². The van der Waals surface area contributed by atoms with Gasteiger partial charge < -0.3 is 10.5 Å². The Balaban J connectivity index is 2.25. The average Bonchev–Trinajstić information content (AvgIpc) is 2.33. The highest BCUT2D eigenvalue weighted by molar-refractivity contribution is 6.33. The summed E-state index contributed by atoms with van der Waals surface area (Å²) in [6.07, 6.45) is -0.776. The van der Waals surface area contributed by atoms with Crippen LogP contribution in [0.25, 0.3) is 0 Å². The Morgan fingerprint density at radius 2 is 1.79 bits per heavy atom. The summed E-state index contributed by atoms with van der Waals surface area (Å²) in [6.45, 7) is 1.56. The molecule has 0 saturated heterocycles. The van der Waals surface area contributed by atoms with Crippen molar-refractivity contribution in [3.8, 4) is 5.75 Å². The van der Waals surface area contributed by atoms with Gasteiger partial charge in [0.1, 0.15) is 23.5 Å². The normalized spacial score (nSPS) is 12.2. The fourth-order valence-corrected chi connectivity index (χ4v) is 1.87. The minimum atomic E-state index is -0.776. The van der Waals surface area contributed by atoms with E-state index in [0.29, 0.717) is 16.5 Å². The molecule has 2 nitrogen and oxygen atoms in total. The van der Waals surface area contributed by atoms with Crippen molar-refractivity contribution < 1.29 is 13.5 Å². The topological polar surface area (TPSA) is 35.2 Å². The fourth-order valence-electron chi connectivity index (χ4n) is 1.76. The van der Waals surface area contributed by atoms with Crippen molar-refractivity contribution in [2.24, 2.45) is 0 Å². The van der Waals surface area contributed by atoms with Gasteiger partial charge in [-0.2, -0.15) is 0 Å². The van der Waals surface area contributed by atoms with E-state index in [-0.39, 0.29) is 5.56 Å². The maximum atomic E-state index is 13.6. The van der Waals surface area contributed by atoms with Crippen molar-refractivity contribution in [1.29, 1.82) is 0 Å². The molecular weight excluding hydrogens is 272 g/mol. The molecule has 1 atom stereocenters. The summed E-state index contributed by atoms with van der Waals surface area (Å²) < 4.78 is 32.6. The third-order valence-electron chi connectivity index (χ3n) is 2.69. The minimum Gasteiger partial charge on any atom is -0.486 e. The largest absolute Gasteiger partial charge is 0.486 e. The van der Waals surface area contributed by atoms with Crippen molar-refractivity contribution in [3.05, 3.63) is 58.6 Å². The number of nitrogen functional groups attached to an aromatic ring is 1. The molecule has 0 aliphatic carbocycles. The van der Waals surface area contributed by atoms with Crippen LogP contribution in [0.3, 0.4) is 0 Å². The molecule has 0 spiro atoms. The van der Waals surface area contributed by atoms with E-state index >= 15 is 0 Å². The number of halogens is 3. The minimum absolute atomic E-state index is 0.115. The molecule has 0 radical (unpaired) electrons. The number of ether oxygens (including phenoxy) is 1. The second-order valence-corrected chi connectivity index (χ2v) is 4.49. The summed E-state index contributed by atoms with van der Waals surface area (Å²) in [4.78, 5) is 0. The maximum Gasteiger partial charge on any atom is 0.133 e. The Labute approximate surface area is 114 Å². The maximum absolute atomic E-state index is 13.6. The molecule has 0 bridgehead atoms. The molecule has 2 N–H and O–H groups in total. The van der Waals surface area contributed by atoms with Gasteiger partial charge >= 0.3 is 0 Å². The molecule has 0 aliphatic rings. The van der Waals surface area contributed by atoms with Gasteiger partial charge in [0, 0.05) is 6.07 Å². The molecular formula is C14H12ClF2NO. The molecule has 0 saturated carbocycles. The van der Waals surface area contributed by atoms with E-state index < -0.39 is 17.7 Å². The van der Waals surface area contributed by atoms with E-state index in [1.807, 2.05) is 0 Å². The Morgan fingerprint density at radius 3 is 2.37 bits per heavy atom. The van der Waals surface area contributed by atoms with Crippen molar-refractivity contribution in [2.75, 3.05) is 5.73 Å². The highest BCUT2D eigenvalue weighted by Gasteiger charge is 2.17. The summed E-state index contributed by atoms with van der Waals surface area (Å²) in [5.74, 6) is -0.888. The van der Waals surface area contributed by atoms with Gasteiger partial charge in [-0.15, -0.1) is 0 Å². The zero-order valence-electron chi connectivity index (χ0n) is 10.2. The SMILES string of the molecule is CC(Oc1ccc(Cl)c(N)c1)c1c(F)cccc1F. The van der Waals surface area contributed by atoms with Crippen LogP contribution in [-0.4, -0.2) is 0 Å². The molecule has 0 aromatic heterocycles. The van der Waals surface area contributed by atoms with E-state index in [2.05, 4.69) is 0 Å². The van der Waals surface area contributed by atoms with Crippen LogP contribution in [0.15, 0.2) is 36.4 Å². The van der Waals surface area contributed by atoms with Crippen LogP contribution < -0.4 is 10.5 Å². The smallest absolute Gasteiger partial charge is 0.133 e. The number of hydrogen-bond acceptors (Lipinski definition) is 2. The van der Waals surface area contributed by atoms with Gasteiger partial charge in [-0.25, -0.2) is 8.78 Å². The van der Waals surface area contributed by atoms with Gasteiger partial charge in [0.15, 0.2) is 0 Å². The lowest BCUT2D eigenvalue weighted by atomic mass is 10.1. The van der Waals surface area contributed by atoms with Crippen molar-refractivity contribution >= 4 is 17.3 Å². The van der Waals surface area contributed by atoms with Gasteiger partial charge in [0.2, 0.25) is 0 Å². The van der Waals surface area contributed by atoms with Crippen LogP contribution in [0, 0.1) is 11.6 Å².